The molecule has 2 aliphatic rings. The summed E-state index contributed by atoms with van der Waals surface area (Å²) in [5.41, 5.74) is 1.07. The van der Waals surface area contributed by atoms with Crippen molar-refractivity contribution in [2.75, 3.05) is 59.0 Å². The van der Waals surface area contributed by atoms with E-state index < -0.39 is 0 Å². The van der Waals surface area contributed by atoms with Crippen LogP contribution in [0.3, 0.4) is 0 Å². The molecule has 2 saturated heterocycles. The first kappa shape index (κ1) is 24.4. The molecule has 2 fully saturated rings. The summed E-state index contributed by atoms with van der Waals surface area (Å²) in [6.45, 7) is 11.7. The van der Waals surface area contributed by atoms with Crippen LogP contribution in [0, 0.1) is 10.1 Å². The molecule has 2 N–H and O–H groups in total. The van der Waals surface area contributed by atoms with E-state index in [-0.39, 0.29) is 10.6 Å². The van der Waals surface area contributed by atoms with Crippen LogP contribution in [-0.4, -0.2) is 85.8 Å². The molecule has 1 aromatic rings. The number of likely N-dealkylation sites (tertiary alicyclic amines) is 1. The number of nitrogens with one attached hydrogen (secondary N) is 2. The Labute approximate surface area is 191 Å². The van der Waals surface area contributed by atoms with Gasteiger partial charge < -0.3 is 20.3 Å². The number of aliphatic imine (C=N–C) groups is 1. The summed E-state index contributed by atoms with van der Waals surface area (Å²) in [5, 5.41) is 18.0. The van der Waals surface area contributed by atoms with Gasteiger partial charge in [-0.05, 0) is 44.3 Å². The van der Waals surface area contributed by atoms with Crippen molar-refractivity contribution in [1.29, 1.82) is 0 Å². The molecule has 0 saturated carbocycles. The maximum Gasteiger partial charge on any atom is 0.269 e. The lowest BCUT2D eigenvalue weighted by atomic mass is 10.1. The summed E-state index contributed by atoms with van der Waals surface area (Å²) >= 11 is 0. The summed E-state index contributed by atoms with van der Waals surface area (Å²) < 4.78 is 5.42. The normalized spacial score (nSPS) is 19.1. The van der Waals surface area contributed by atoms with E-state index in [1.807, 2.05) is 0 Å². The second-order valence-electron chi connectivity index (χ2n) is 8.58. The van der Waals surface area contributed by atoms with Crippen molar-refractivity contribution in [2.24, 2.45) is 4.99 Å². The van der Waals surface area contributed by atoms with Crippen LogP contribution in [0.2, 0.25) is 0 Å². The molecular weight excluding hydrogens is 408 g/mol. The number of non-ortho nitro benzene ring substituents is 1. The van der Waals surface area contributed by atoms with Crippen molar-refractivity contribution < 1.29 is 9.66 Å². The second kappa shape index (κ2) is 13.3. The first-order chi connectivity index (χ1) is 15.6. The maximum absolute atomic E-state index is 10.9. The Kier molecular flexibility index (Phi) is 10.2. The van der Waals surface area contributed by atoms with Gasteiger partial charge in [0, 0.05) is 50.9 Å². The van der Waals surface area contributed by atoms with E-state index in [0.29, 0.717) is 12.6 Å². The fraction of sp³-hybridized carbons (Fsp3) is 0.696. The quantitative estimate of drug-likeness (QED) is 0.187. The first-order valence-electron chi connectivity index (χ1n) is 11.9. The molecule has 32 heavy (non-hydrogen) atoms. The zero-order valence-electron chi connectivity index (χ0n) is 19.3. The van der Waals surface area contributed by atoms with E-state index in [0.717, 1.165) is 83.3 Å². The number of nitrogens with zero attached hydrogens (tertiary/aromatic N) is 4. The van der Waals surface area contributed by atoms with E-state index in [9.17, 15) is 10.1 Å². The number of hydrogen-bond donors (Lipinski definition) is 2. The number of benzene rings is 1. The van der Waals surface area contributed by atoms with E-state index in [1.165, 1.54) is 25.1 Å². The minimum Gasteiger partial charge on any atom is -0.379 e. The van der Waals surface area contributed by atoms with Gasteiger partial charge in [-0.3, -0.25) is 15.0 Å². The number of ether oxygens (including phenoxy) is 1. The summed E-state index contributed by atoms with van der Waals surface area (Å²) in [7, 11) is 0. The molecule has 0 unspecified atom stereocenters. The Morgan fingerprint density at radius 2 is 1.81 bits per heavy atom. The van der Waals surface area contributed by atoms with Crippen molar-refractivity contribution >= 4 is 11.6 Å². The fourth-order valence-electron chi connectivity index (χ4n) is 4.19. The Morgan fingerprint density at radius 3 is 2.47 bits per heavy atom. The molecule has 0 amide bonds. The minimum atomic E-state index is -0.374. The zero-order valence-corrected chi connectivity index (χ0v) is 19.3. The van der Waals surface area contributed by atoms with Gasteiger partial charge in [-0.15, -0.1) is 0 Å². The highest BCUT2D eigenvalue weighted by molar-refractivity contribution is 5.80. The molecule has 1 aromatic carbocycles. The summed E-state index contributed by atoms with van der Waals surface area (Å²) in [6, 6.07) is 7.06. The molecule has 0 aromatic heterocycles. The Hall–Kier alpha value is -2.23. The van der Waals surface area contributed by atoms with Gasteiger partial charge >= 0.3 is 0 Å². The van der Waals surface area contributed by atoms with Crippen LogP contribution in [0.25, 0.3) is 0 Å². The number of piperidine rings is 1. The standard InChI is InChI=1S/C23H38N6O3/c1-2-11-27-13-8-21(9-14-27)26-23(24-10-3-12-28-15-17-32-18-16-28)25-19-20-4-6-22(7-5-20)29(30)31/h4-7,21H,2-3,8-19H2,1H3,(H2,24,25,26). The number of rotatable bonds is 10. The Morgan fingerprint density at radius 1 is 1.12 bits per heavy atom. The number of morpholine rings is 1. The fourth-order valence-corrected chi connectivity index (χ4v) is 4.19. The third kappa shape index (κ3) is 8.37. The van der Waals surface area contributed by atoms with Crippen molar-refractivity contribution in [3.63, 3.8) is 0 Å². The molecule has 0 radical (unpaired) electrons. The number of nitro groups is 1. The van der Waals surface area contributed by atoms with E-state index in [1.54, 1.807) is 12.1 Å². The molecule has 9 nitrogen and oxygen atoms in total. The van der Waals surface area contributed by atoms with Crippen molar-refractivity contribution in [3.8, 4) is 0 Å². The molecule has 0 atom stereocenters. The topological polar surface area (TPSA) is 95.3 Å². The highest BCUT2D eigenvalue weighted by atomic mass is 16.6. The molecule has 2 heterocycles. The predicted octanol–water partition coefficient (Wildman–Crippen LogP) is 2.23. The summed E-state index contributed by atoms with van der Waals surface area (Å²) in [4.78, 5) is 20.2. The van der Waals surface area contributed by atoms with Crippen LogP contribution in [0.4, 0.5) is 5.69 Å². The smallest absolute Gasteiger partial charge is 0.269 e. The van der Waals surface area contributed by atoms with Gasteiger partial charge in [0.2, 0.25) is 0 Å². The summed E-state index contributed by atoms with van der Waals surface area (Å²) in [5.74, 6) is 0.833. The lowest BCUT2D eigenvalue weighted by molar-refractivity contribution is -0.384. The van der Waals surface area contributed by atoms with Gasteiger partial charge in [0.1, 0.15) is 0 Å². The average Bonchev–Trinajstić information content (AvgIpc) is 2.82. The van der Waals surface area contributed by atoms with Crippen LogP contribution in [0.5, 0.6) is 0 Å². The number of hydrogen-bond acceptors (Lipinski definition) is 6. The van der Waals surface area contributed by atoms with Gasteiger partial charge in [-0.25, -0.2) is 4.99 Å². The monoisotopic (exact) mass is 446 g/mol. The van der Waals surface area contributed by atoms with Crippen molar-refractivity contribution in [1.82, 2.24) is 20.4 Å². The molecule has 0 aliphatic carbocycles. The summed E-state index contributed by atoms with van der Waals surface area (Å²) in [6.07, 6.45) is 4.48. The minimum absolute atomic E-state index is 0.108. The second-order valence-corrected chi connectivity index (χ2v) is 8.58. The average molecular weight is 447 g/mol. The van der Waals surface area contributed by atoms with Gasteiger partial charge in [0.25, 0.3) is 5.69 Å². The van der Waals surface area contributed by atoms with Crippen molar-refractivity contribution in [3.05, 3.63) is 39.9 Å². The van der Waals surface area contributed by atoms with Crippen LogP contribution in [0.1, 0.15) is 38.2 Å². The van der Waals surface area contributed by atoms with Gasteiger partial charge in [-0.1, -0.05) is 19.1 Å². The van der Waals surface area contributed by atoms with E-state index >= 15 is 0 Å². The first-order valence-corrected chi connectivity index (χ1v) is 11.9. The molecule has 0 bridgehead atoms. The van der Waals surface area contributed by atoms with E-state index in [4.69, 9.17) is 9.73 Å². The SMILES string of the molecule is CCCN1CCC(NC(=NCc2ccc([N+](=O)[O-])cc2)NCCCN2CCOCC2)CC1. The molecule has 9 heteroatoms. The number of guanidine groups is 1. The molecule has 178 valence electrons. The van der Waals surface area contributed by atoms with E-state index in [2.05, 4.69) is 27.4 Å². The largest absolute Gasteiger partial charge is 0.379 e. The molecular formula is C23H38N6O3. The van der Waals surface area contributed by atoms with Gasteiger partial charge in [-0.2, -0.15) is 0 Å². The van der Waals surface area contributed by atoms with Crippen LogP contribution in [-0.2, 0) is 11.3 Å². The van der Waals surface area contributed by atoms with Crippen molar-refractivity contribution in [2.45, 2.75) is 45.2 Å². The van der Waals surface area contributed by atoms with Gasteiger partial charge in [0.05, 0.1) is 24.7 Å². The third-order valence-corrected chi connectivity index (χ3v) is 6.08. The predicted molar refractivity (Wildman–Crippen MR) is 127 cm³/mol. The van der Waals surface area contributed by atoms with Gasteiger partial charge in [0.15, 0.2) is 5.96 Å². The highest BCUT2D eigenvalue weighted by Gasteiger charge is 2.19. The zero-order chi connectivity index (χ0) is 22.6. The molecule has 3 rings (SSSR count). The Bertz CT molecular complexity index is 713. The number of nitro benzene ring substituents is 1. The van der Waals surface area contributed by atoms with Crippen LogP contribution in [0.15, 0.2) is 29.3 Å². The molecule has 0 spiro atoms. The third-order valence-electron chi connectivity index (χ3n) is 6.08. The highest BCUT2D eigenvalue weighted by Crippen LogP contribution is 2.13. The van der Waals surface area contributed by atoms with Crippen LogP contribution < -0.4 is 10.6 Å². The lowest BCUT2D eigenvalue weighted by Crippen LogP contribution is -2.49. The van der Waals surface area contributed by atoms with Crippen LogP contribution >= 0.6 is 0 Å². The Balaban J connectivity index is 1.51. The lowest BCUT2D eigenvalue weighted by Gasteiger charge is -2.33. The molecule has 2 aliphatic heterocycles. The maximum atomic E-state index is 10.9.